The summed E-state index contributed by atoms with van der Waals surface area (Å²) in [6, 6.07) is 23.7. The van der Waals surface area contributed by atoms with Crippen LogP contribution in [-0.2, 0) is 29.7 Å². The third-order valence-electron chi connectivity index (χ3n) is 7.68. The fourth-order valence-electron chi connectivity index (χ4n) is 5.37. The van der Waals surface area contributed by atoms with Crippen molar-refractivity contribution >= 4 is 39.5 Å². The Morgan fingerprint density at radius 2 is 1.63 bits per heavy atom. The first-order valence-electron chi connectivity index (χ1n) is 13.7. The van der Waals surface area contributed by atoms with Crippen LogP contribution < -0.4 is 11.2 Å². The van der Waals surface area contributed by atoms with Crippen molar-refractivity contribution < 1.29 is 9.53 Å². The first-order valence-corrected chi connectivity index (χ1v) is 14.7. The van der Waals surface area contributed by atoms with E-state index in [0.29, 0.717) is 23.3 Å². The number of hydrogen-bond acceptors (Lipinski definition) is 7. The van der Waals surface area contributed by atoms with Crippen LogP contribution in [0.3, 0.4) is 0 Å². The number of nitrogens with zero attached hydrogens (tertiary/aromatic N) is 5. The monoisotopic (exact) mass is 591 g/mol. The van der Waals surface area contributed by atoms with Gasteiger partial charge in [0.2, 0.25) is 0 Å². The third kappa shape index (κ3) is 5.25. The topological polar surface area (TPSA) is 101 Å². The second-order valence-corrected chi connectivity index (χ2v) is 11.2. The van der Waals surface area contributed by atoms with E-state index in [0.717, 1.165) is 42.5 Å². The molecule has 0 aliphatic heterocycles. The summed E-state index contributed by atoms with van der Waals surface area (Å²) in [6.45, 7) is 2.55. The summed E-state index contributed by atoms with van der Waals surface area (Å²) in [5, 5.41) is 7.51. The lowest BCUT2D eigenvalue weighted by Crippen LogP contribution is -2.38. The fraction of sp³-hybridized carbons (Fsp3) is 0.182. The van der Waals surface area contributed by atoms with E-state index in [9.17, 15) is 14.4 Å². The van der Waals surface area contributed by atoms with E-state index in [1.807, 2.05) is 60.1 Å². The molecule has 0 saturated heterocycles. The number of pyridine rings is 1. The van der Waals surface area contributed by atoms with E-state index in [2.05, 4.69) is 29.2 Å². The van der Waals surface area contributed by atoms with Crippen molar-refractivity contribution in [1.29, 1.82) is 0 Å². The standard InChI is InChI=1S/C33H29N5O4S/c1-21-24(10-7-13-27(21)43-20-28(39)42-3)18-37-31-29(32(40)36(2)33(37)41)30(23-14-16-34-17-15-23)38(35-31)19-25-11-6-9-22-8-4-5-12-26(22)25/h4-17H,18-20H2,1-3H3. The summed E-state index contributed by atoms with van der Waals surface area (Å²) in [4.78, 5) is 44.2. The minimum atomic E-state index is -0.458. The Morgan fingerprint density at radius 3 is 2.42 bits per heavy atom. The van der Waals surface area contributed by atoms with Crippen molar-refractivity contribution in [2.45, 2.75) is 24.9 Å². The van der Waals surface area contributed by atoms with Crippen LogP contribution in [0.15, 0.2) is 99.7 Å². The predicted molar refractivity (Wildman–Crippen MR) is 169 cm³/mol. The van der Waals surface area contributed by atoms with Crippen molar-refractivity contribution in [3.63, 3.8) is 0 Å². The molecule has 0 amide bonds. The van der Waals surface area contributed by atoms with Crippen LogP contribution in [-0.4, -0.2) is 42.7 Å². The van der Waals surface area contributed by atoms with E-state index in [1.54, 1.807) is 17.0 Å². The van der Waals surface area contributed by atoms with Gasteiger partial charge < -0.3 is 4.74 Å². The number of benzene rings is 3. The summed E-state index contributed by atoms with van der Waals surface area (Å²) < 4.78 is 9.30. The smallest absolute Gasteiger partial charge is 0.332 e. The van der Waals surface area contributed by atoms with Gasteiger partial charge in [0, 0.05) is 29.9 Å². The number of rotatable bonds is 8. The average Bonchev–Trinajstić information content (AvgIpc) is 3.41. The van der Waals surface area contributed by atoms with E-state index < -0.39 is 11.2 Å². The molecule has 0 bridgehead atoms. The molecule has 9 nitrogen and oxygen atoms in total. The molecule has 0 aliphatic rings. The van der Waals surface area contributed by atoms with Gasteiger partial charge in [-0.3, -0.25) is 28.4 Å². The fourth-order valence-corrected chi connectivity index (χ4v) is 6.28. The molecule has 0 N–H and O–H groups in total. The lowest BCUT2D eigenvalue weighted by molar-refractivity contribution is -0.137. The van der Waals surface area contributed by atoms with Crippen LogP contribution >= 0.6 is 11.8 Å². The van der Waals surface area contributed by atoms with Gasteiger partial charge >= 0.3 is 11.7 Å². The first-order chi connectivity index (χ1) is 20.9. The Balaban J connectivity index is 1.54. The van der Waals surface area contributed by atoms with Crippen LogP contribution in [0.5, 0.6) is 0 Å². The van der Waals surface area contributed by atoms with Gasteiger partial charge in [0.15, 0.2) is 5.65 Å². The maximum absolute atomic E-state index is 13.8. The number of aromatic nitrogens is 5. The van der Waals surface area contributed by atoms with Crippen molar-refractivity contribution in [1.82, 2.24) is 23.9 Å². The summed E-state index contributed by atoms with van der Waals surface area (Å²) in [5.41, 5.74) is 3.70. The molecule has 10 heteroatoms. The highest BCUT2D eigenvalue weighted by atomic mass is 32.2. The first kappa shape index (κ1) is 28.2. The minimum Gasteiger partial charge on any atom is -0.468 e. The molecular formula is C33H29N5O4S. The van der Waals surface area contributed by atoms with Crippen LogP contribution in [0.4, 0.5) is 0 Å². The highest BCUT2D eigenvalue weighted by molar-refractivity contribution is 8.00. The molecule has 0 radical (unpaired) electrons. The largest absolute Gasteiger partial charge is 0.468 e. The Labute approximate surface area is 251 Å². The Bertz CT molecular complexity index is 2110. The van der Waals surface area contributed by atoms with Gasteiger partial charge in [-0.1, -0.05) is 54.6 Å². The van der Waals surface area contributed by atoms with Gasteiger partial charge in [0.25, 0.3) is 5.56 Å². The molecule has 0 saturated carbocycles. The molecule has 0 unspecified atom stereocenters. The molecule has 0 atom stereocenters. The Hall–Kier alpha value is -4.96. The summed E-state index contributed by atoms with van der Waals surface area (Å²) >= 11 is 1.38. The SMILES string of the molecule is COC(=O)CSc1cccc(Cn2c(=O)n(C)c(=O)c3c(-c4ccncc4)n(Cc4cccc5ccccc45)nc32)c1C. The van der Waals surface area contributed by atoms with E-state index in [1.165, 1.54) is 25.9 Å². The normalized spacial score (nSPS) is 11.3. The van der Waals surface area contributed by atoms with Crippen LogP contribution in [0.1, 0.15) is 16.7 Å². The lowest BCUT2D eigenvalue weighted by Gasteiger charge is -2.13. The maximum Gasteiger partial charge on any atom is 0.332 e. The second kappa shape index (κ2) is 11.7. The van der Waals surface area contributed by atoms with Gasteiger partial charge in [-0.2, -0.15) is 5.10 Å². The molecule has 216 valence electrons. The Kier molecular flexibility index (Phi) is 7.69. The number of thioether (sulfide) groups is 1. The minimum absolute atomic E-state index is 0.179. The molecule has 43 heavy (non-hydrogen) atoms. The second-order valence-electron chi connectivity index (χ2n) is 10.2. The molecule has 3 aromatic carbocycles. The number of methoxy groups -OCH3 is 1. The summed E-state index contributed by atoms with van der Waals surface area (Å²) in [6.07, 6.45) is 3.36. The molecule has 0 spiro atoms. The van der Waals surface area contributed by atoms with Gasteiger partial charge in [-0.05, 0) is 52.6 Å². The van der Waals surface area contributed by atoms with Crippen molar-refractivity contribution in [3.05, 3.63) is 123 Å². The summed E-state index contributed by atoms with van der Waals surface area (Å²) in [7, 11) is 2.86. The van der Waals surface area contributed by atoms with Crippen LogP contribution in [0.2, 0.25) is 0 Å². The molecular weight excluding hydrogens is 562 g/mol. The number of esters is 1. The zero-order valence-electron chi connectivity index (χ0n) is 24.0. The van der Waals surface area contributed by atoms with Gasteiger partial charge in [0.05, 0.1) is 31.6 Å². The molecule has 6 rings (SSSR count). The lowest BCUT2D eigenvalue weighted by atomic mass is 10.0. The number of ether oxygens (including phenoxy) is 1. The Morgan fingerprint density at radius 1 is 0.907 bits per heavy atom. The number of hydrogen-bond donors (Lipinski definition) is 0. The van der Waals surface area contributed by atoms with E-state index in [4.69, 9.17) is 9.84 Å². The molecule has 3 aromatic heterocycles. The average molecular weight is 592 g/mol. The van der Waals surface area contributed by atoms with Gasteiger partial charge in [-0.15, -0.1) is 11.8 Å². The molecule has 3 heterocycles. The van der Waals surface area contributed by atoms with E-state index in [-0.39, 0.29) is 18.3 Å². The molecule has 0 fully saturated rings. The van der Waals surface area contributed by atoms with Crippen molar-refractivity contribution in [2.24, 2.45) is 7.05 Å². The molecule has 6 aromatic rings. The maximum atomic E-state index is 13.8. The zero-order chi connectivity index (χ0) is 30.1. The summed E-state index contributed by atoms with van der Waals surface area (Å²) in [5.74, 6) is -0.134. The van der Waals surface area contributed by atoms with Crippen molar-refractivity contribution in [3.8, 4) is 11.3 Å². The van der Waals surface area contributed by atoms with Crippen LogP contribution in [0.25, 0.3) is 33.1 Å². The predicted octanol–water partition coefficient (Wildman–Crippen LogP) is 4.78. The highest BCUT2D eigenvalue weighted by Crippen LogP contribution is 2.30. The van der Waals surface area contributed by atoms with Crippen LogP contribution in [0, 0.1) is 6.92 Å². The number of carbonyl (C=O) groups excluding carboxylic acids is 1. The zero-order valence-corrected chi connectivity index (χ0v) is 24.8. The highest BCUT2D eigenvalue weighted by Gasteiger charge is 2.23. The van der Waals surface area contributed by atoms with Gasteiger partial charge in [0.1, 0.15) is 5.39 Å². The van der Waals surface area contributed by atoms with Gasteiger partial charge in [-0.25, -0.2) is 4.79 Å². The quantitative estimate of drug-likeness (QED) is 0.185. The van der Waals surface area contributed by atoms with E-state index >= 15 is 0 Å². The number of carbonyl (C=O) groups is 1. The number of fused-ring (bicyclic) bond motifs is 2. The third-order valence-corrected chi connectivity index (χ3v) is 8.81. The molecule has 0 aliphatic carbocycles. The van der Waals surface area contributed by atoms with Crippen molar-refractivity contribution in [2.75, 3.05) is 12.9 Å².